The van der Waals surface area contributed by atoms with E-state index >= 15 is 0 Å². The standard InChI is InChI=1S/C22H27N3O/c1-14-7-9-15(10-8-14)17-13-16-11-12-20(25(16)2)21(17)22(26)24-19-6-4-3-5-18(19)23/h3-10,16-17,20-21H,11-13,23H2,1-2H3,(H,24,26)/t16-,17-,20?,21+/m1/s1. The molecule has 4 heteroatoms. The third kappa shape index (κ3) is 2.99. The second kappa shape index (κ2) is 6.76. The summed E-state index contributed by atoms with van der Waals surface area (Å²) in [5.74, 6) is 0.293. The van der Waals surface area contributed by atoms with Gasteiger partial charge in [-0.25, -0.2) is 0 Å². The summed E-state index contributed by atoms with van der Waals surface area (Å²) in [4.78, 5) is 15.7. The fourth-order valence-electron chi connectivity index (χ4n) is 4.81. The van der Waals surface area contributed by atoms with Crippen molar-refractivity contribution >= 4 is 17.3 Å². The molecule has 2 aromatic rings. The minimum absolute atomic E-state index is 0.0546. The summed E-state index contributed by atoms with van der Waals surface area (Å²) in [5.41, 5.74) is 9.89. The highest BCUT2D eigenvalue weighted by atomic mass is 16.2. The predicted molar refractivity (Wildman–Crippen MR) is 106 cm³/mol. The molecule has 2 fully saturated rings. The third-order valence-corrected chi connectivity index (χ3v) is 6.30. The summed E-state index contributed by atoms with van der Waals surface area (Å²) in [6.45, 7) is 2.10. The molecule has 0 saturated carbocycles. The molecule has 2 saturated heterocycles. The number of piperidine rings is 1. The molecule has 2 bridgehead atoms. The second-order valence-electron chi connectivity index (χ2n) is 7.82. The molecule has 26 heavy (non-hydrogen) atoms. The SMILES string of the molecule is Cc1ccc([C@H]2C[C@H]3CCC([C@H]2C(=O)Nc2ccccc2N)N3C)cc1. The minimum atomic E-state index is -0.0546. The Morgan fingerprint density at radius 2 is 1.85 bits per heavy atom. The van der Waals surface area contributed by atoms with E-state index in [-0.39, 0.29) is 17.7 Å². The normalized spacial score (nSPS) is 28.1. The molecule has 2 aliphatic heterocycles. The molecule has 1 unspecified atom stereocenters. The van der Waals surface area contributed by atoms with E-state index < -0.39 is 0 Å². The zero-order chi connectivity index (χ0) is 18.3. The number of nitrogens with two attached hydrogens (primary N) is 1. The summed E-state index contributed by atoms with van der Waals surface area (Å²) < 4.78 is 0. The molecule has 136 valence electrons. The van der Waals surface area contributed by atoms with Crippen LogP contribution in [0.4, 0.5) is 11.4 Å². The van der Waals surface area contributed by atoms with Gasteiger partial charge in [0, 0.05) is 12.1 Å². The van der Waals surface area contributed by atoms with Crippen molar-refractivity contribution in [1.29, 1.82) is 0 Å². The fraction of sp³-hybridized carbons (Fsp3) is 0.409. The van der Waals surface area contributed by atoms with Crippen molar-refractivity contribution in [2.75, 3.05) is 18.1 Å². The number of carbonyl (C=O) groups is 1. The zero-order valence-electron chi connectivity index (χ0n) is 15.5. The Hall–Kier alpha value is -2.33. The average molecular weight is 349 g/mol. The quantitative estimate of drug-likeness (QED) is 0.829. The van der Waals surface area contributed by atoms with E-state index in [1.54, 1.807) is 0 Å². The van der Waals surface area contributed by atoms with Crippen LogP contribution >= 0.6 is 0 Å². The topological polar surface area (TPSA) is 58.4 Å². The van der Waals surface area contributed by atoms with Gasteiger partial charge in [0.05, 0.1) is 17.3 Å². The molecule has 4 nitrogen and oxygen atoms in total. The fourth-order valence-corrected chi connectivity index (χ4v) is 4.81. The van der Waals surface area contributed by atoms with E-state index in [2.05, 4.69) is 48.5 Å². The van der Waals surface area contributed by atoms with Crippen LogP contribution < -0.4 is 11.1 Å². The van der Waals surface area contributed by atoms with Gasteiger partial charge >= 0.3 is 0 Å². The lowest BCUT2D eigenvalue weighted by atomic mass is 9.75. The van der Waals surface area contributed by atoms with Crippen LogP contribution in [0, 0.1) is 12.8 Å². The van der Waals surface area contributed by atoms with Gasteiger partial charge in [0.1, 0.15) is 0 Å². The molecular formula is C22H27N3O. The number of rotatable bonds is 3. The van der Waals surface area contributed by atoms with Gasteiger partial charge in [-0.3, -0.25) is 9.69 Å². The van der Waals surface area contributed by atoms with Gasteiger partial charge in [-0.2, -0.15) is 0 Å². The van der Waals surface area contributed by atoms with Gasteiger partial charge in [0.2, 0.25) is 5.91 Å². The Morgan fingerprint density at radius 3 is 2.58 bits per heavy atom. The lowest BCUT2D eigenvalue weighted by molar-refractivity contribution is -0.124. The number of fused-ring (bicyclic) bond motifs is 2. The van der Waals surface area contributed by atoms with Gasteiger partial charge in [0.25, 0.3) is 0 Å². The Kier molecular flexibility index (Phi) is 4.45. The maximum Gasteiger partial charge on any atom is 0.229 e. The zero-order valence-corrected chi connectivity index (χ0v) is 15.5. The van der Waals surface area contributed by atoms with Crippen LogP contribution in [0.5, 0.6) is 0 Å². The van der Waals surface area contributed by atoms with Crippen molar-refractivity contribution in [2.45, 2.75) is 44.2 Å². The molecule has 3 N–H and O–H groups in total. The summed E-state index contributed by atoms with van der Waals surface area (Å²) >= 11 is 0. The molecule has 2 aromatic carbocycles. The van der Waals surface area contributed by atoms with E-state index in [1.165, 1.54) is 17.5 Å². The molecule has 4 atom stereocenters. The van der Waals surface area contributed by atoms with Crippen molar-refractivity contribution in [3.05, 3.63) is 59.7 Å². The van der Waals surface area contributed by atoms with E-state index in [4.69, 9.17) is 5.73 Å². The predicted octanol–water partition coefficient (Wildman–Crippen LogP) is 3.78. The lowest BCUT2D eigenvalue weighted by Crippen LogP contribution is -2.50. The number of para-hydroxylation sites is 2. The van der Waals surface area contributed by atoms with Crippen LogP contribution in [-0.2, 0) is 4.79 Å². The van der Waals surface area contributed by atoms with Gasteiger partial charge < -0.3 is 11.1 Å². The minimum Gasteiger partial charge on any atom is -0.397 e. The first-order chi connectivity index (χ1) is 12.5. The van der Waals surface area contributed by atoms with Crippen molar-refractivity contribution < 1.29 is 4.79 Å². The van der Waals surface area contributed by atoms with Crippen LogP contribution in [0.25, 0.3) is 0 Å². The molecule has 1 amide bonds. The third-order valence-electron chi connectivity index (χ3n) is 6.30. The number of hydrogen-bond donors (Lipinski definition) is 2. The highest BCUT2D eigenvalue weighted by Crippen LogP contribution is 2.46. The molecular weight excluding hydrogens is 322 g/mol. The lowest BCUT2D eigenvalue weighted by Gasteiger charge is -2.42. The Labute approximate surface area is 155 Å². The molecule has 0 aromatic heterocycles. The smallest absolute Gasteiger partial charge is 0.229 e. The Bertz CT molecular complexity index is 801. The average Bonchev–Trinajstić information content (AvgIpc) is 2.87. The molecule has 0 aliphatic carbocycles. The first-order valence-corrected chi connectivity index (χ1v) is 9.48. The molecule has 0 spiro atoms. The maximum atomic E-state index is 13.3. The first kappa shape index (κ1) is 17.1. The molecule has 0 radical (unpaired) electrons. The molecule has 2 heterocycles. The summed E-state index contributed by atoms with van der Waals surface area (Å²) in [6, 6.07) is 17.1. The number of nitrogen functional groups attached to an aromatic ring is 1. The van der Waals surface area contributed by atoms with Crippen LogP contribution in [0.2, 0.25) is 0 Å². The van der Waals surface area contributed by atoms with E-state index in [0.717, 1.165) is 12.8 Å². The number of amides is 1. The maximum absolute atomic E-state index is 13.3. The highest BCUT2D eigenvalue weighted by molar-refractivity contribution is 5.96. The number of benzene rings is 2. The van der Waals surface area contributed by atoms with Gasteiger partial charge in [-0.15, -0.1) is 0 Å². The van der Waals surface area contributed by atoms with E-state index in [9.17, 15) is 4.79 Å². The number of hydrogen-bond acceptors (Lipinski definition) is 3. The van der Waals surface area contributed by atoms with Crippen LogP contribution in [-0.4, -0.2) is 29.9 Å². The van der Waals surface area contributed by atoms with Gasteiger partial charge in [-0.1, -0.05) is 42.0 Å². The van der Waals surface area contributed by atoms with Crippen LogP contribution in [0.3, 0.4) is 0 Å². The Morgan fingerprint density at radius 1 is 1.12 bits per heavy atom. The molecule has 4 rings (SSSR count). The van der Waals surface area contributed by atoms with E-state index in [0.29, 0.717) is 23.5 Å². The second-order valence-corrected chi connectivity index (χ2v) is 7.82. The van der Waals surface area contributed by atoms with Crippen LogP contribution in [0.1, 0.15) is 36.3 Å². The largest absolute Gasteiger partial charge is 0.397 e. The summed E-state index contributed by atoms with van der Waals surface area (Å²) in [5, 5.41) is 3.10. The monoisotopic (exact) mass is 349 g/mol. The van der Waals surface area contributed by atoms with E-state index in [1.807, 2.05) is 24.3 Å². The molecule has 2 aliphatic rings. The Balaban J connectivity index is 1.65. The summed E-state index contributed by atoms with van der Waals surface area (Å²) in [7, 11) is 2.17. The summed E-state index contributed by atoms with van der Waals surface area (Å²) in [6.07, 6.45) is 3.31. The van der Waals surface area contributed by atoms with Crippen molar-refractivity contribution in [1.82, 2.24) is 4.90 Å². The number of anilines is 2. The number of carbonyl (C=O) groups excluding carboxylic acids is 1. The van der Waals surface area contributed by atoms with Gasteiger partial charge in [-0.05, 0) is 56.8 Å². The number of nitrogens with zero attached hydrogens (tertiary/aromatic N) is 1. The van der Waals surface area contributed by atoms with Gasteiger partial charge in [0.15, 0.2) is 0 Å². The number of nitrogens with one attached hydrogen (secondary N) is 1. The number of aryl methyl sites for hydroxylation is 1. The van der Waals surface area contributed by atoms with Crippen LogP contribution in [0.15, 0.2) is 48.5 Å². The highest BCUT2D eigenvalue weighted by Gasteiger charge is 2.49. The first-order valence-electron chi connectivity index (χ1n) is 9.48. The van der Waals surface area contributed by atoms with Crippen molar-refractivity contribution in [3.8, 4) is 0 Å². The van der Waals surface area contributed by atoms with Crippen molar-refractivity contribution in [3.63, 3.8) is 0 Å². The van der Waals surface area contributed by atoms with Crippen molar-refractivity contribution in [2.24, 2.45) is 5.92 Å².